The molecule has 0 aromatic heterocycles. The minimum atomic E-state index is -0.876. The number of aliphatic hydroxyl groups is 1. The van der Waals surface area contributed by atoms with Gasteiger partial charge in [0.25, 0.3) is 0 Å². The van der Waals surface area contributed by atoms with E-state index in [2.05, 4.69) is 19.9 Å². The fraction of sp³-hybridized carbons (Fsp3) is 0.263. The van der Waals surface area contributed by atoms with Crippen molar-refractivity contribution in [1.82, 2.24) is 0 Å². The summed E-state index contributed by atoms with van der Waals surface area (Å²) < 4.78 is 0. The summed E-state index contributed by atoms with van der Waals surface area (Å²) in [6.45, 7) is 4.23. The smallest absolute Gasteiger partial charge is 0.121 e. The van der Waals surface area contributed by atoms with E-state index in [0.717, 1.165) is 23.1 Å². The number of hydrogen-bond acceptors (Lipinski definition) is 1. The van der Waals surface area contributed by atoms with Crippen molar-refractivity contribution in [2.24, 2.45) is 5.41 Å². The van der Waals surface area contributed by atoms with Gasteiger partial charge in [-0.05, 0) is 29.2 Å². The molecule has 101 valence electrons. The number of rotatable bonds is 3. The van der Waals surface area contributed by atoms with Crippen LogP contribution in [0, 0.1) is 11.5 Å². The van der Waals surface area contributed by atoms with Gasteiger partial charge in [0, 0.05) is 5.41 Å². The average Bonchev–Trinajstić information content (AvgIpc) is 2.99. The average molecular weight is 263 g/mol. The first kappa shape index (κ1) is 13.1. The lowest BCUT2D eigenvalue weighted by atomic mass is 9.95. The molecule has 0 heterocycles. The van der Waals surface area contributed by atoms with Crippen molar-refractivity contribution in [2.75, 3.05) is 0 Å². The van der Waals surface area contributed by atoms with Crippen molar-refractivity contribution in [1.29, 1.82) is 0 Å². The molecular weight excluding hydrogens is 244 g/mol. The van der Waals surface area contributed by atoms with Gasteiger partial charge < -0.3 is 5.11 Å². The second-order valence-electron chi connectivity index (χ2n) is 5.63. The second-order valence-corrected chi connectivity index (χ2v) is 5.63. The van der Waals surface area contributed by atoms with Crippen LogP contribution in [-0.4, -0.2) is 5.11 Å². The first-order valence-corrected chi connectivity index (χ1v) is 7.11. The zero-order valence-corrected chi connectivity index (χ0v) is 11.9. The van der Waals surface area contributed by atoms with Gasteiger partial charge in [-0.3, -0.25) is 0 Å². The van der Waals surface area contributed by atoms with Gasteiger partial charge in [0.15, 0.2) is 0 Å². The molecule has 0 spiro atoms. The van der Waals surface area contributed by atoms with E-state index in [9.17, 15) is 5.11 Å². The van der Waals surface area contributed by atoms with Gasteiger partial charge in [0.1, 0.15) is 5.60 Å². The van der Waals surface area contributed by atoms with E-state index in [1.54, 1.807) is 0 Å². The minimum Gasteiger partial charge on any atom is -0.380 e. The SMILES string of the molecule is CC[C@@]1(C)C(=[C]c2ccccc2)C1(O)c1ccccc1. The Morgan fingerprint density at radius 1 is 0.950 bits per heavy atom. The predicted octanol–water partition coefficient (Wildman–Crippen LogP) is 4.08. The summed E-state index contributed by atoms with van der Waals surface area (Å²) in [5.74, 6) is 0. The molecule has 2 aromatic rings. The third-order valence-corrected chi connectivity index (χ3v) is 4.59. The third-order valence-electron chi connectivity index (χ3n) is 4.59. The van der Waals surface area contributed by atoms with Gasteiger partial charge in [-0.25, -0.2) is 0 Å². The summed E-state index contributed by atoms with van der Waals surface area (Å²) in [7, 11) is 0. The molecule has 1 aliphatic carbocycles. The molecular formula is C19H19O. The van der Waals surface area contributed by atoms with Gasteiger partial charge in [0.2, 0.25) is 0 Å². The monoisotopic (exact) mass is 263 g/mol. The summed E-state index contributed by atoms with van der Waals surface area (Å²) in [6, 6.07) is 19.9. The van der Waals surface area contributed by atoms with E-state index < -0.39 is 5.60 Å². The molecule has 1 nitrogen and oxygen atoms in total. The highest BCUT2D eigenvalue weighted by Gasteiger charge is 2.68. The molecule has 0 aliphatic heterocycles. The molecule has 3 rings (SSSR count). The predicted molar refractivity (Wildman–Crippen MR) is 81.0 cm³/mol. The molecule has 1 heteroatoms. The van der Waals surface area contributed by atoms with Crippen molar-refractivity contribution in [3.8, 4) is 0 Å². The fourth-order valence-corrected chi connectivity index (χ4v) is 3.03. The normalized spacial score (nSPS) is 30.4. The zero-order chi connectivity index (χ0) is 14.2. The van der Waals surface area contributed by atoms with Crippen molar-refractivity contribution in [2.45, 2.75) is 25.9 Å². The van der Waals surface area contributed by atoms with E-state index in [-0.39, 0.29) is 5.41 Å². The van der Waals surface area contributed by atoms with E-state index in [0.29, 0.717) is 0 Å². The van der Waals surface area contributed by atoms with Crippen LogP contribution < -0.4 is 0 Å². The Labute approximate surface area is 120 Å². The maximum atomic E-state index is 11.1. The van der Waals surface area contributed by atoms with E-state index in [1.165, 1.54) is 0 Å². The molecule has 1 fully saturated rings. The maximum absolute atomic E-state index is 11.1. The summed E-state index contributed by atoms with van der Waals surface area (Å²) in [5, 5.41) is 11.1. The Balaban J connectivity index is 2.06. The van der Waals surface area contributed by atoms with Crippen LogP contribution >= 0.6 is 0 Å². The summed E-state index contributed by atoms with van der Waals surface area (Å²) >= 11 is 0. The third kappa shape index (κ3) is 1.74. The van der Waals surface area contributed by atoms with Crippen molar-refractivity contribution < 1.29 is 5.11 Å². The fourth-order valence-electron chi connectivity index (χ4n) is 3.03. The molecule has 2 atom stereocenters. The molecule has 2 aromatic carbocycles. The van der Waals surface area contributed by atoms with Crippen molar-refractivity contribution in [3.63, 3.8) is 0 Å². The molecule has 0 amide bonds. The Bertz CT molecular complexity index is 629. The maximum Gasteiger partial charge on any atom is 0.121 e. The molecule has 1 unspecified atom stereocenters. The molecule has 0 saturated heterocycles. The van der Waals surface area contributed by atoms with Gasteiger partial charge in [-0.15, -0.1) is 0 Å². The quantitative estimate of drug-likeness (QED) is 0.884. The van der Waals surface area contributed by atoms with Crippen LogP contribution in [0.1, 0.15) is 31.4 Å². The molecule has 0 bridgehead atoms. The lowest BCUT2D eigenvalue weighted by molar-refractivity contribution is 0.105. The van der Waals surface area contributed by atoms with Gasteiger partial charge in [-0.2, -0.15) is 0 Å². The Hall–Kier alpha value is -1.86. The van der Waals surface area contributed by atoms with Gasteiger partial charge >= 0.3 is 0 Å². The van der Waals surface area contributed by atoms with Crippen LogP contribution in [0.2, 0.25) is 0 Å². The van der Waals surface area contributed by atoms with Gasteiger partial charge in [-0.1, -0.05) is 74.5 Å². The second kappa shape index (κ2) is 4.60. The van der Waals surface area contributed by atoms with E-state index in [4.69, 9.17) is 0 Å². The van der Waals surface area contributed by atoms with E-state index in [1.807, 2.05) is 60.7 Å². The molecule has 1 saturated carbocycles. The highest BCUT2D eigenvalue weighted by atomic mass is 16.3. The lowest BCUT2D eigenvalue weighted by Crippen LogP contribution is -2.14. The Morgan fingerprint density at radius 2 is 1.50 bits per heavy atom. The standard InChI is InChI=1S/C19H19O/c1-3-18(2)17(14-15-10-6-4-7-11-15)19(18,20)16-12-8-5-9-13-16/h4-13,20H,3H2,1-2H3/t18-,19?/m0/s1. The van der Waals surface area contributed by atoms with Gasteiger partial charge in [0.05, 0.1) is 0 Å². The van der Waals surface area contributed by atoms with Crippen LogP contribution in [0.5, 0.6) is 0 Å². The van der Waals surface area contributed by atoms with Crippen LogP contribution in [0.15, 0.2) is 66.2 Å². The minimum absolute atomic E-state index is 0.218. The van der Waals surface area contributed by atoms with Crippen molar-refractivity contribution >= 4 is 0 Å². The molecule has 1 N–H and O–H groups in total. The summed E-state index contributed by atoms with van der Waals surface area (Å²) in [4.78, 5) is 0. The van der Waals surface area contributed by atoms with Crippen LogP contribution in [0.3, 0.4) is 0 Å². The Kier molecular flexibility index (Phi) is 3.02. The number of hydrogen-bond donors (Lipinski definition) is 1. The first-order chi connectivity index (χ1) is 9.63. The zero-order valence-electron chi connectivity index (χ0n) is 11.9. The largest absolute Gasteiger partial charge is 0.380 e. The first-order valence-electron chi connectivity index (χ1n) is 7.11. The molecule has 20 heavy (non-hydrogen) atoms. The number of benzene rings is 2. The highest BCUT2D eigenvalue weighted by molar-refractivity contribution is 5.55. The Morgan fingerprint density at radius 3 is 2.05 bits per heavy atom. The highest BCUT2D eigenvalue weighted by Crippen LogP contribution is 2.69. The van der Waals surface area contributed by atoms with Crippen LogP contribution in [-0.2, 0) is 5.60 Å². The van der Waals surface area contributed by atoms with E-state index >= 15 is 0 Å². The van der Waals surface area contributed by atoms with Crippen LogP contribution in [0.4, 0.5) is 0 Å². The topological polar surface area (TPSA) is 20.2 Å². The summed E-state index contributed by atoms with van der Waals surface area (Å²) in [5.41, 5.74) is 1.88. The summed E-state index contributed by atoms with van der Waals surface area (Å²) in [6.07, 6.45) is 4.31. The molecule has 1 radical (unpaired) electrons. The molecule has 1 aliphatic rings. The lowest BCUT2D eigenvalue weighted by Gasteiger charge is -2.14. The van der Waals surface area contributed by atoms with Crippen molar-refractivity contribution in [3.05, 3.63) is 83.4 Å². The van der Waals surface area contributed by atoms with Crippen LogP contribution in [0.25, 0.3) is 0 Å².